The third kappa shape index (κ3) is 8.81. The highest BCUT2D eigenvalue weighted by Crippen LogP contribution is 2.41. The first-order chi connectivity index (χ1) is 24.9. The second-order valence-corrected chi connectivity index (χ2v) is 14.5. The number of aromatic nitrogens is 1. The highest BCUT2D eigenvalue weighted by atomic mass is 19.4. The van der Waals surface area contributed by atoms with Crippen molar-refractivity contribution in [2.24, 2.45) is 5.92 Å². The third-order valence-electron chi connectivity index (χ3n) is 10.1. The van der Waals surface area contributed by atoms with Crippen LogP contribution in [0, 0.1) is 49.1 Å². The van der Waals surface area contributed by atoms with E-state index in [0.29, 0.717) is 49.2 Å². The van der Waals surface area contributed by atoms with Gasteiger partial charge in [0.25, 0.3) is 5.56 Å². The van der Waals surface area contributed by atoms with Crippen LogP contribution >= 0.6 is 0 Å². The van der Waals surface area contributed by atoms with Crippen molar-refractivity contribution in [3.8, 4) is 23.0 Å². The summed E-state index contributed by atoms with van der Waals surface area (Å²) in [5.41, 5.74) is -2.78. The van der Waals surface area contributed by atoms with Gasteiger partial charge in [0.2, 0.25) is 5.91 Å². The summed E-state index contributed by atoms with van der Waals surface area (Å²) >= 11 is 0. The summed E-state index contributed by atoms with van der Waals surface area (Å²) in [5, 5.41) is 12.3. The van der Waals surface area contributed by atoms with Crippen LogP contribution in [-0.2, 0) is 15.8 Å². The van der Waals surface area contributed by atoms with Crippen molar-refractivity contribution in [3.05, 3.63) is 91.6 Å². The largest absolute Gasteiger partial charge is 0.481 e. The summed E-state index contributed by atoms with van der Waals surface area (Å²) in [6, 6.07) is 1.09. The van der Waals surface area contributed by atoms with E-state index in [1.165, 1.54) is 20.8 Å². The molecule has 5 rings (SSSR count). The number of carboxylic acid groups (broad SMARTS) is 1. The number of likely N-dealkylation sites (tertiary alicyclic amines) is 1. The zero-order valence-corrected chi connectivity index (χ0v) is 30.3. The number of pyridine rings is 1. The van der Waals surface area contributed by atoms with Gasteiger partial charge in [-0.15, -0.1) is 5.92 Å². The molecule has 7 nitrogen and oxygen atoms in total. The molecule has 1 amide bonds. The number of aliphatic carboxylic acids is 1. The van der Waals surface area contributed by atoms with Gasteiger partial charge in [-0.05, 0) is 118 Å². The molecular weight excluding hydrogens is 700 g/mol. The van der Waals surface area contributed by atoms with E-state index < -0.39 is 76.6 Å². The second-order valence-electron chi connectivity index (χ2n) is 14.5. The molecule has 1 aromatic heterocycles. The molecule has 2 atom stereocenters. The monoisotopic (exact) mass is 743 g/mol. The van der Waals surface area contributed by atoms with Crippen LogP contribution in [0.1, 0.15) is 111 Å². The maximum absolute atomic E-state index is 16.7. The number of halogens is 6. The molecule has 1 aliphatic carbocycles. The second kappa shape index (κ2) is 15.8. The molecule has 2 N–H and O–H groups in total. The topological polar surface area (TPSA) is 91.6 Å². The lowest BCUT2D eigenvalue weighted by Gasteiger charge is -2.34. The number of hydrogen-bond donors (Lipinski definition) is 2. The number of benzene rings is 2. The number of carbonyl (C=O) groups excluding carboxylic acids is 1. The van der Waals surface area contributed by atoms with Gasteiger partial charge in [0.15, 0.2) is 0 Å². The molecular formula is C40H43F6N3O4. The van der Waals surface area contributed by atoms with Gasteiger partial charge >= 0.3 is 12.1 Å². The van der Waals surface area contributed by atoms with Crippen LogP contribution in [0.2, 0.25) is 0 Å². The van der Waals surface area contributed by atoms with Crippen molar-refractivity contribution in [2.75, 3.05) is 13.1 Å². The number of nitrogens with zero attached hydrogens (tertiary/aromatic N) is 2. The number of amides is 1. The Bertz CT molecular complexity index is 1990. The molecule has 2 heterocycles. The lowest BCUT2D eigenvalue weighted by molar-refractivity contribution is -0.139. The van der Waals surface area contributed by atoms with E-state index in [4.69, 9.17) is 0 Å². The minimum atomic E-state index is -4.84. The molecule has 53 heavy (non-hydrogen) atoms. The van der Waals surface area contributed by atoms with Gasteiger partial charge in [-0.2, -0.15) is 13.2 Å². The highest BCUT2D eigenvalue weighted by molar-refractivity contribution is 5.82. The molecule has 2 fully saturated rings. The van der Waals surface area contributed by atoms with Gasteiger partial charge in [0.1, 0.15) is 23.5 Å². The maximum atomic E-state index is 16.7. The number of piperidine rings is 1. The number of aryl methyl sites for hydroxylation is 2. The van der Waals surface area contributed by atoms with E-state index in [0.717, 1.165) is 41.8 Å². The molecule has 0 unspecified atom stereocenters. The minimum absolute atomic E-state index is 0.0675. The summed E-state index contributed by atoms with van der Waals surface area (Å²) < 4.78 is 91.1. The predicted octanol–water partition coefficient (Wildman–Crippen LogP) is 8.20. The standard InChI is InChI=1S/C40H43F6N3O4/c1-6-7-25-17-28(35-22(4)15-26(41)16-23(35)5)38(43)36(37(25)42)31(19-34(51)52)47-39(53)32(14-21(2)3)49-20-29(30(18-33(49)50)40(44,45)46)24-10-12-48(13-11-24)27-8-9-27/h15-18,20-21,24,27,31-32H,8-14,19H2,1-5H3,(H,47,53)(H,51,52)/t31-,32-/m0/s1. The van der Waals surface area contributed by atoms with Crippen LogP contribution in [0.4, 0.5) is 26.3 Å². The fraction of sp³-hybridized carbons (Fsp3) is 0.475. The lowest BCUT2D eigenvalue weighted by Crippen LogP contribution is -2.41. The Morgan fingerprint density at radius 1 is 0.981 bits per heavy atom. The average molecular weight is 744 g/mol. The fourth-order valence-electron chi connectivity index (χ4n) is 7.56. The van der Waals surface area contributed by atoms with Crippen LogP contribution in [0.3, 0.4) is 0 Å². The number of carbonyl (C=O) groups is 2. The summed E-state index contributed by atoms with van der Waals surface area (Å²) in [4.78, 5) is 42.1. The number of rotatable bonds is 11. The van der Waals surface area contributed by atoms with Crippen LogP contribution in [0.5, 0.6) is 0 Å². The predicted molar refractivity (Wildman–Crippen MR) is 188 cm³/mol. The SMILES string of the molecule is CC#Cc1cc(-c2c(C)cc(F)cc2C)c(F)c([C@H](CC(=O)O)NC(=O)[C@H](CC(C)C)n2cc(C3CCN(C4CC4)CC3)c(C(F)(F)F)cc2=O)c1F. The number of hydrogen-bond acceptors (Lipinski definition) is 4. The molecule has 1 aliphatic heterocycles. The first-order valence-electron chi connectivity index (χ1n) is 17.7. The van der Waals surface area contributed by atoms with E-state index in [2.05, 4.69) is 22.1 Å². The highest BCUT2D eigenvalue weighted by Gasteiger charge is 2.40. The minimum Gasteiger partial charge on any atom is -0.481 e. The maximum Gasteiger partial charge on any atom is 0.416 e. The van der Waals surface area contributed by atoms with E-state index >= 15 is 8.78 Å². The smallest absolute Gasteiger partial charge is 0.416 e. The van der Waals surface area contributed by atoms with E-state index in [-0.39, 0.29) is 34.6 Å². The molecule has 0 radical (unpaired) electrons. The van der Waals surface area contributed by atoms with Gasteiger partial charge in [0.05, 0.1) is 23.6 Å². The molecule has 2 aliphatic rings. The molecule has 1 saturated heterocycles. The molecule has 284 valence electrons. The number of alkyl halides is 3. The first-order valence-corrected chi connectivity index (χ1v) is 17.7. The molecule has 0 bridgehead atoms. The van der Waals surface area contributed by atoms with Crippen LogP contribution in [-0.4, -0.2) is 45.6 Å². The van der Waals surface area contributed by atoms with Crippen molar-refractivity contribution in [1.82, 2.24) is 14.8 Å². The normalized spacial score (nSPS) is 16.6. The van der Waals surface area contributed by atoms with Crippen LogP contribution < -0.4 is 10.9 Å². The Kier molecular flexibility index (Phi) is 11.8. The van der Waals surface area contributed by atoms with E-state index in [1.54, 1.807) is 13.8 Å². The van der Waals surface area contributed by atoms with Crippen molar-refractivity contribution in [3.63, 3.8) is 0 Å². The molecule has 0 spiro atoms. The van der Waals surface area contributed by atoms with Crippen molar-refractivity contribution in [1.29, 1.82) is 0 Å². The number of nitrogens with one attached hydrogen (secondary N) is 1. The van der Waals surface area contributed by atoms with Crippen molar-refractivity contribution < 1.29 is 41.0 Å². The Balaban J connectivity index is 1.61. The summed E-state index contributed by atoms with van der Waals surface area (Å²) in [6.45, 7) is 9.11. The zero-order valence-electron chi connectivity index (χ0n) is 30.3. The van der Waals surface area contributed by atoms with Gasteiger partial charge in [-0.3, -0.25) is 14.4 Å². The fourth-order valence-corrected chi connectivity index (χ4v) is 7.56. The van der Waals surface area contributed by atoms with Gasteiger partial charge in [0, 0.05) is 29.4 Å². The quantitative estimate of drug-likeness (QED) is 0.153. The summed E-state index contributed by atoms with van der Waals surface area (Å²) in [7, 11) is 0. The van der Waals surface area contributed by atoms with E-state index in [1.807, 2.05) is 0 Å². The lowest BCUT2D eigenvalue weighted by atomic mass is 9.87. The van der Waals surface area contributed by atoms with Crippen molar-refractivity contribution >= 4 is 11.9 Å². The van der Waals surface area contributed by atoms with Gasteiger partial charge in [-0.25, -0.2) is 13.2 Å². The van der Waals surface area contributed by atoms with Crippen molar-refractivity contribution in [2.45, 2.75) is 103 Å². The van der Waals surface area contributed by atoms with Crippen LogP contribution in [0.15, 0.2) is 35.3 Å². The Hall–Kier alpha value is -4.57. The Morgan fingerprint density at radius 3 is 2.13 bits per heavy atom. The Labute approximate surface area is 304 Å². The van der Waals surface area contributed by atoms with Gasteiger partial charge in [-0.1, -0.05) is 19.8 Å². The molecule has 3 aromatic rings. The zero-order chi connectivity index (χ0) is 38.9. The number of carboxylic acids is 1. The average Bonchev–Trinajstić information content (AvgIpc) is 3.90. The molecule has 2 aromatic carbocycles. The third-order valence-corrected chi connectivity index (χ3v) is 10.1. The van der Waals surface area contributed by atoms with E-state index in [9.17, 15) is 37.1 Å². The van der Waals surface area contributed by atoms with Gasteiger partial charge < -0.3 is 19.9 Å². The summed E-state index contributed by atoms with van der Waals surface area (Å²) in [5.74, 6) is -1.31. The first kappa shape index (κ1) is 39.6. The molecule has 13 heteroatoms. The Morgan fingerprint density at radius 2 is 1.60 bits per heavy atom. The molecule has 1 saturated carbocycles. The summed E-state index contributed by atoms with van der Waals surface area (Å²) in [6.07, 6.45) is -1.88. The van der Waals surface area contributed by atoms with Crippen LogP contribution in [0.25, 0.3) is 11.1 Å².